The second-order valence-electron chi connectivity index (χ2n) is 5.25. The number of carbonyl (C=O) groups is 2. The summed E-state index contributed by atoms with van der Waals surface area (Å²) in [5, 5.41) is 4.87. The van der Waals surface area contributed by atoms with Crippen LogP contribution in [0.15, 0.2) is 24.3 Å². The molecule has 1 aliphatic rings. The van der Waals surface area contributed by atoms with Crippen LogP contribution >= 0.6 is 0 Å². The van der Waals surface area contributed by atoms with Gasteiger partial charge in [0.2, 0.25) is 11.8 Å². The maximum Gasteiger partial charge on any atom is 0.262 e. The Morgan fingerprint density at radius 1 is 1.45 bits per heavy atom. The summed E-state index contributed by atoms with van der Waals surface area (Å²) < 4.78 is 39.1. The Morgan fingerprint density at radius 2 is 2.18 bits per heavy atom. The number of halogens is 3. The molecule has 0 spiro atoms. The third-order valence-corrected chi connectivity index (χ3v) is 3.27. The number of hydrogen-bond acceptors (Lipinski definition) is 3. The summed E-state index contributed by atoms with van der Waals surface area (Å²) in [6.45, 7) is -0.855. The number of likely N-dealkylation sites (N-methyl/N-ethyl adjacent to an activating group) is 1. The predicted octanol–water partition coefficient (Wildman–Crippen LogP) is 1.22. The van der Waals surface area contributed by atoms with Gasteiger partial charge in [-0.1, -0.05) is 6.07 Å². The lowest BCUT2D eigenvalue weighted by Gasteiger charge is -2.20. The first-order chi connectivity index (χ1) is 10.3. The molecule has 22 heavy (non-hydrogen) atoms. The number of carbonyl (C=O) groups excluding carboxylic acids is 2. The van der Waals surface area contributed by atoms with Crippen molar-refractivity contribution in [3.8, 4) is 0 Å². The molecule has 1 aliphatic heterocycles. The highest BCUT2D eigenvalue weighted by molar-refractivity contribution is 5.95. The largest absolute Gasteiger partial charge is 0.335 e. The molecule has 0 radical (unpaired) electrons. The molecule has 0 bridgehead atoms. The fourth-order valence-electron chi connectivity index (χ4n) is 2.22. The van der Waals surface area contributed by atoms with Crippen molar-refractivity contribution >= 4 is 17.5 Å². The minimum Gasteiger partial charge on any atom is -0.335 e. The molecule has 0 saturated carbocycles. The zero-order valence-electron chi connectivity index (χ0n) is 11.9. The van der Waals surface area contributed by atoms with E-state index in [0.717, 1.165) is 11.0 Å². The fourth-order valence-corrected chi connectivity index (χ4v) is 2.22. The number of amides is 2. The van der Waals surface area contributed by atoms with Gasteiger partial charge in [-0.3, -0.25) is 14.9 Å². The highest BCUT2D eigenvalue weighted by Crippen LogP contribution is 2.25. The number of nitrogens with one attached hydrogen (secondary N) is 2. The first-order valence-corrected chi connectivity index (χ1v) is 6.68. The zero-order valence-corrected chi connectivity index (χ0v) is 11.9. The second kappa shape index (κ2) is 6.35. The van der Waals surface area contributed by atoms with Crippen LogP contribution in [0.4, 0.5) is 18.9 Å². The monoisotopic (exact) mass is 315 g/mol. The first-order valence-electron chi connectivity index (χ1n) is 6.68. The van der Waals surface area contributed by atoms with Crippen LogP contribution in [0.1, 0.15) is 6.42 Å². The van der Waals surface area contributed by atoms with E-state index in [1.54, 1.807) is 0 Å². The zero-order chi connectivity index (χ0) is 16.3. The molecule has 8 heteroatoms. The van der Waals surface area contributed by atoms with E-state index in [1.165, 1.54) is 25.2 Å². The Bertz CT molecular complexity index is 580. The van der Waals surface area contributed by atoms with E-state index in [9.17, 15) is 22.8 Å². The van der Waals surface area contributed by atoms with Crippen LogP contribution in [0.3, 0.4) is 0 Å². The highest BCUT2D eigenvalue weighted by Gasteiger charge is 2.43. The van der Waals surface area contributed by atoms with Gasteiger partial charge in [-0.05, 0) is 18.2 Å². The van der Waals surface area contributed by atoms with Crippen LogP contribution in [-0.4, -0.2) is 48.8 Å². The number of nitrogens with zero attached hydrogens (tertiary/aromatic N) is 1. The van der Waals surface area contributed by atoms with Gasteiger partial charge in [-0.2, -0.15) is 0 Å². The first kappa shape index (κ1) is 16.3. The summed E-state index contributed by atoms with van der Waals surface area (Å²) in [4.78, 5) is 24.8. The Morgan fingerprint density at radius 3 is 2.77 bits per heavy atom. The topological polar surface area (TPSA) is 61.4 Å². The van der Waals surface area contributed by atoms with E-state index in [-0.39, 0.29) is 12.2 Å². The Labute approximate surface area is 125 Å². The molecular weight excluding hydrogens is 299 g/mol. The van der Waals surface area contributed by atoms with Crippen LogP contribution in [0.25, 0.3) is 0 Å². The van der Waals surface area contributed by atoms with E-state index >= 15 is 0 Å². The lowest BCUT2D eigenvalue weighted by Crippen LogP contribution is -2.44. The minimum atomic E-state index is -2.91. The lowest BCUT2D eigenvalue weighted by molar-refractivity contribution is -0.135. The van der Waals surface area contributed by atoms with Crippen LogP contribution < -0.4 is 10.6 Å². The van der Waals surface area contributed by atoms with Crippen molar-refractivity contribution in [1.29, 1.82) is 0 Å². The maximum absolute atomic E-state index is 13.1. The van der Waals surface area contributed by atoms with E-state index in [0.29, 0.717) is 0 Å². The Balaban J connectivity index is 1.87. The number of anilines is 1. The van der Waals surface area contributed by atoms with Crippen molar-refractivity contribution in [2.45, 2.75) is 18.4 Å². The summed E-state index contributed by atoms with van der Waals surface area (Å²) in [6.07, 6.45) is -0.582. The summed E-state index contributed by atoms with van der Waals surface area (Å²) >= 11 is 0. The normalized spacial score (nSPS) is 19.7. The number of benzene rings is 1. The van der Waals surface area contributed by atoms with E-state index in [1.807, 2.05) is 0 Å². The molecule has 0 aromatic heterocycles. The third kappa shape index (κ3) is 4.20. The van der Waals surface area contributed by atoms with Gasteiger partial charge in [0.1, 0.15) is 5.82 Å². The fraction of sp³-hybridized carbons (Fsp3) is 0.429. The second-order valence-corrected chi connectivity index (χ2v) is 5.25. The molecule has 1 heterocycles. The average molecular weight is 315 g/mol. The lowest BCUT2D eigenvalue weighted by atomic mass is 10.1. The van der Waals surface area contributed by atoms with E-state index < -0.39 is 42.6 Å². The van der Waals surface area contributed by atoms with Gasteiger partial charge < -0.3 is 10.2 Å². The molecule has 1 unspecified atom stereocenters. The van der Waals surface area contributed by atoms with Gasteiger partial charge in [0.05, 0.1) is 19.1 Å². The average Bonchev–Trinajstić information content (AvgIpc) is 2.78. The molecule has 5 nitrogen and oxygen atoms in total. The molecule has 1 fully saturated rings. The van der Waals surface area contributed by atoms with Crippen molar-refractivity contribution in [2.24, 2.45) is 0 Å². The molecule has 2 amide bonds. The summed E-state index contributed by atoms with van der Waals surface area (Å²) in [6, 6.07) is 4.31. The minimum absolute atomic E-state index is 0.261. The van der Waals surface area contributed by atoms with Gasteiger partial charge in [0.15, 0.2) is 0 Å². The van der Waals surface area contributed by atoms with Gasteiger partial charge in [-0.25, -0.2) is 13.2 Å². The van der Waals surface area contributed by atoms with Gasteiger partial charge in [0.25, 0.3) is 5.92 Å². The smallest absolute Gasteiger partial charge is 0.262 e. The summed E-state index contributed by atoms with van der Waals surface area (Å²) in [5.41, 5.74) is 0.261. The van der Waals surface area contributed by atoms with Crippen LogP contribution in [0, 0.1) is 5.82 Å². The molecule has 1 saturated heterocycles. The summed E-state index contributed by atoms with van der Waals surface area (Å²) in [5.74, 6) is -4.53. The number of hydrogen-bond donors (Lipinski definition) is 2. The van der Waals surface area contributed by atoms with Crippen molar-refractivity contribution in [1.82, 2.24) is 10.2 Å². The van der Waals surface area contributed by atoms with Crippen LogP contribution in [0.2, 0.25) is 0 Å². The Kier molecular flexibility index (Phi) is 4.70. The van der Waals surface area contributed by atoms with E-state index in [2.05, 4.69) is 10.6 Å². The van der Waals surface area contributed by atoms with Gasteiger partial charge >= 0.3 is 0 Å². The molecule has 2 rings (SSSR count). The maximum atomic E-state index is 13.1. The molecule has 1 aromatic carbocycles. The van der Waals surface area contributed by atoms with Crippen molar-refractivity contribution in [3.05, 3.63) is 30.1 Å². The SMILES string of the molecule is CN(CC(=O)Nc1cccc(F)c1)C(=O)C1CC(F)(F)CN1. The Hall–Kier alpha value is -2.09. The molecule has 2 N–H and O–H groups in total. The van der Waals surface area contributed by atoms with Crippen LogP contribution in [0.5, 0.6) is 0 Å². The molecule has 120 valence electrons. The van der Waals surface area contributed by atoms with Gasteiger partial charge in [-0.15, -0.1) is 0 Å². The number of rotatable bonds is 4. The van der Waals surface area contributed by atoms with Gasteiger partial charge in [0, 0.05) is 19.2 Å². The predicted molar refractivity (Wildman–Crippen MR) is 74.0 cm³/mol. The van der Waals surface area contributed by atoms with Crippen molar-refractivity contribution < 1.29 is 22.8 Å². The number of alkyl halides is 2. The van der Waals surface area contributed by atoms with Crippen molar-refractivity contribution in [3.63, 3.8) is 0 Å². The molecular formula is C14H16F3N3O2. The summed E-state index contributed by atoms with van der Waals surface area (Å²) in [7, 11) is 1.35. The molecule has 1 atom stereocenters. The third-order valence-electron chi connectivity index (χ3n) is 3.27. The molecule has 0 aliphatic carbocycles. The van der Waals surface area contributed by atoms with Crippen molar-refractivity contribution in [2.75, 3.05) is 25.5 Å². The van der Waals surface area contributed by atoms with Crippen LogP contribution in [-0.2, 0) is 9.59 Å². The molecule has 1 aromatic rings. The van der Waals surface area contributed by atoms with E-state index in [4.69, 9.17) is 0 Å². The standard InChI is InChI=1S/C14H16F3N3O2/c1-20(13(22)11-6-14(16,17)8-18-11)7-12(21)19-10-4-2-3-9(15)5-10/h2-5,11,18H,6-8H2,1H3,(H,19,21). The quantitative estimate of drug-likeness (QED) is 0.878. The highest BCUT2D eigenvalue weighted by atomic mass is 19.3.